The molecule has 1 aliphatic heterocycles. The molecule has 5 rings (SSSR count). The summed E-state index contributed by atoms with van der Waals surface area (Å²) in [5.74, 6) is 0. The minimum absolute atomic E-state index is 0.133. The average Bonchev–Trinajstić information content (AvgIpc) is 3.63. The quantitative estimate of drug-likeness (QED) is 0.265. The molecule has 0 saturated carbocycles. The van der Waals surface area contributed by atoms with E-state index >= 15 is 0 Å². The van der Waals surface area contributed by atoms with Crippen LogP contribution in [0.1, 0.15) is 24.1 Å². The summed E-state index contributed by atoms with van der Waals surface area (Å²) < 4.78 is 0. The zero-order valence-electron chi connectivity index (χ0n) is 17.2. The summed E-state index contributed by atoms with van der Waals surface area (Å²) in [6.07, 6.45) is 5.61. The van der Waals surface area contributed by atoms with Gasteiger partial charge >= 0.3 is 0 Å². The van der Waals surface area contributed by atoms with Crippen molar-refractivity contribution >= 4 is 56.4 Å². The van der Waals surface area contributed by atoms with Crippen LogP contribution in [0.3, 0.4) is 0 Å². The number of thiophene rings is 4. The predicted molar refractivity (Wildman–Crippen MR) is 140 cm³/mol. The largest absolute Gasteiger partial charge is 0.363 e. The smallest absolute Gasteiger partial charge is 0.131 e. The number of anilines is 1. The first kappa shape index (κ1) is 21.2. The topological polar surface area (TPSA) is 50.8 Å². The molecular weight excluding hydrogens is 471 g/mol. The van der Waals surface area contributed by atoms with E-state index in [0.29, 0.717) is 0 Å². The third-order valence-electron chi connectivity index (χ3n) is 5.35. The van der Waals surface area contributed by atoms with Crippen LogP contribution in [0.2, 0.25) is 0 Å². The fourth-order valence-corrected chi connectivity index (χ4v) is 8.04. The number of hydrogen-bond donors (Lipinski definition) is 0. The molecule has 0 aromatic carbocycles. The highest BCUT2D eigenvalue weighted by Gasteiger charge is 2.15. The lowest BCUT2D eigenvalue weighted by atomic mass is 10.1. The summed E-state index contributed by atoms with van der Waals surface area (Å²) >= 11 is 7.14. The lowest BCUT2D eigenvalue weighted by molar-refractivity contribution is 0.580. The van der Waals surface area contributed by atoms with Crippen LogP contribution in [0.15, 0.2) is 54.1 Å². The number of hydrogen-bond acceptors (Lipinski definition) is 7. The molecule has 5 heterocycles. The van der Waals surface area contributed by atoms with E-state index in [9.17, 15) is 0 Å². The lowest BCUT2D eigenvalue weighted by Crippen LogP contribution is -2.28. The van der Waals surface area contributed by atoms with Crippen LogP contribution in [0, 0.1) is 22.7 Å². The Kier molecular flexibility index (Phi) is 6.25. The van der Waals surface area contributed by atoms with Gasteiger partial charge in [0.15, 0.2) is 0 Å². The Morgan fingerprint density at radius 2 is 1.16 bits per heavy atom. The predicted octanol–water partition coefficient (Wildman–Crippen LogP) is 8.35. The summed E-state index contributed by atoms with van der Waals surface area (Å²) in [5.41, 5.74) is 0.133. The Balaban J connectivity index is 1.34. The molecule has 3 nitrogen and oxygen atoms in total. The molecule has 0 aliphatic carbocycles. The van der Waals surface area contributed by atoms with Gasteiger partial charge in [-0.3, -0.25) is 0 Å². The number of allylic oxidation sites excluding steroid dienone is 1. The van der Waals surface area contributed by atoms with Crippen LogP contribution in [-0.2, 0) is 0 Å². The van der Waals surface area contributed by atoms with Gasteiger partial charge in [0.05, 0.1) is 5.00 Å². The van der Waals surface area contributed by atoms with Crippen LogP contribution in [0.25, 0.3) is 35.3 Å². The molecule has 4 aromatic heterocycles. The van der Waals surface area contributed by atoms with E-state index in [2.05, 4.69) is 47.4 Å². The minimum atomic E-state index is 0.133. The molecule has 0 N–H and O–H groups in total. The Morgan fingerprint density at radius 3 is 1.75 bits per heavy atom. The molecule has 4 aromatic rings. The van der Waals surface area contributed by atoms with Crippen molar-refractivity contribution in [2.45, 2.75) is 19.3 Å². The zero-order valence-corrected chi connectivity index (χ0v) is 20.5. The first-order valence-corrected chi connectivity index (χ1v) is 13.7. The first-order chi connectivity index (χ1) is 15.7. The van der Waals surface area contributed by atoms with Crippen LogP contribution in [0.4, 0.5) is 5.00 Å². The molecule has 1 fully saturated rings. The highest BCUT2D eigenvalue weighted by atomic mass is 32.1. The van der Waals surface area contributed by atoms with Crippen molar-refractivity contribution in [2.24, 2.45) is 0 Å². The highest BCUT2D eigenvalue weighted by Crippen LogP contribution is 2.44. The zero-order chi connectivity index (χ0) is 21.9. The molecule has 1 aliphatic rings. The first-order valence-electron chi connectivity index (χ1n) is 10.4. The SMILES string of the molecule is N#CC(C#N)=Cc1ccc(-c2ccc(-c3ccc(-c4ccc(N5CCCCC5)s4)s3)s2)s1. The van der Waals surface area contributed by atoms with Gasteiger partial charge in [-0.05, 0) is 73.9 Å². The molecule has 0 bridgehead atoms. The van der Waals surface area contributed by atoms with E-state index < -0.39 is 0 Å². The number of nitriles is 2. The van der Waals surface area contributed by atoms with Crippen LogP contribution < -0.4 is 4.90 Å². The monoisotopic (exact) mass is 489 g/mol. The molecule has 32 heavy (non-hydrogen) atoms. The maximum absolute atomic E-state index is 8.96. The van der Waals surface area contributed by atoms with Crippen LogP contribution >= 0.6 is 45.3 Å². The Labute approximate surface area is 203 Å². The number of nitrogens with zero attached hydrogens (tertiary/aromatic N) is 3. The number of piperidine rings is 1. The fourth-order valence-electron chi connectivity index (χ4n) is 3.74. The summed E-state index contributed by atoms with van der Waals surface area (Å²) in [7, 11) is 0. The molecular formula is C25H19N3S4. The maximum atomic E-state index is 8.96. The van der Waals surface area contributed by atoms with Gasteiger partial charge in [-0.1, -0.05) is 0 Å². The van der Waals surface area contributed by atoms with Gasteiger partial charge in [-0.15, -0.1) is 45.3 Å². The van der Waals surface area contributed by atoms with Gasteiger partial charge in [0.25, 0.3) is 0 Å². The molecule has 0 atom stereocenters. The van der Waals surface area contributed by atoms with Crippen molar-refractivity contribution in [3.8, 4) is 41.4 Å². The van der Waals surface area contributed by atoms with Crippen molar-refractivity contribution in [2.75, 3.05) is 18.0 Å². The van der Waals surface area contributed by atoms with Crippen LogP contribution in [-0.4, -0.2) is 13.1 Å². The third-order valence-corrected chi connectivity index (χ3v) is 10.3. The Hall–Kier alpha value is -2.68. The van der Waals surface area contributed by atoms with E-state index in [1.807, 2.05) is 40.9 Å². The van der Waals surface area contributed by atoms with Gasteiger partial charge in [-0.2, -0.15) is 10.5 Å². The Bertz CT molecular complexity index is 1330. The second kappa shape index (κ2) is 9.44. The van der Waals surface area contributed by atoms with Crippen molar-refractivity contribution in [1.82, 2.24) is 0 Å². The minimum Gasteiger partial charge on any atom is -0.363 e. The van der Waals surface area contributed by atoms with Gasteiger partial charge < -0.3 is 4.90 Å². The average molecular weight is 490 g/mol. The van der Waals surface area contributed by atoms with Crippen molar-refractivity contribution in [3.63, 3.8) is 0 Å². The second-order valence-electron chi connectivity index (χ2n) is 7.50. The molecule has 0 radical (unpaired) electrons. The molecule has 0 unspecified atom stereocenters. The van der Waals surface area contributed by atoms with Gasteiger partial charge in [0, 0.05) is 47.2 Å². The fraction of sp³-hybridized carbons (Fsp3) is 0.200. The summed E-state index contributed by atoms with van der Waals surface area (Å²) in [5, 5.41) is 19.3. The standard InChI is InChI=1S/C25H19N3S4/c26-15-17(16-27)14-18-4-5-19(29-18)20-6-7-21(30-20)22-8-9-23(31-22)24-10-11-25(32-24)28-12-2-1-3-13-28/h4-11,14H,1-3,12-13H2. The summed E-state index contributed by atoms with van der Waals surface area (Å²) in [4.78, 5) is 11.0. The Morgan fingerprint density at radius 1 is 0.656 bits per heavy atom. The lowest BCUT2D eigenvalue weighted by Gasteiger charge is -2.27. The molecule has 1 saturated heterocycles. The van der Waals surface area contributed by atoms with E-state index in [0.717, 1.165) is 9.75 Å². The summed E-state index contributed by atoms with van der Waals surface area (Å²) in [6.45, 7) is 2.37. The molecule has 158 valence electrons. The van der Waals surface area contributed by atoms with E-state index in [1.54, 1.807) is 28.7 Å². The third kappa shape index (κ3) is 4.44. The molecule has 0 amide bonds. The van der Waals surface area contributed by atoms with Gasteiger partial charge in [0.2, 0.25) is 0 Å². The highest BCUT2D eigenvalue weighted by molar-refractivity contribution is 7.29. The van der Waals surface area contributed by atoms with Gasteiger partial charge in [-0.25, -0.2) is 0 Å². The van der Waals surface area contributed by atoms with Gasteiger partial charge in [0.1, 0.15) is 17.7 Å². The molecule has 0 spiro atoms. The van der Waals surface area contributed by atoms with Crippen molar-refractivity contribution < 1.29 is 0 Å². The maximum Gasteiger partial charge on any atom is 0.131 e. The van der Waals surface area contributed by atoms with Crippen LogP contribution in [0.5, 0.6) is 0 Å². The van der Waals surface area contributed by atoms with E-state index in [1.165, 1.54) is 61.7 Å². The molecule has 7 heteroatoms. The van der Waals surface area contributed by atoms with Crippen molar-refractivity contribution in [3.05, 3.63) is 59.0 Å². The van der Waals surface area contributed by atoms with E-state index in [4.69, 9.17) is 10.5 Å². The second-order valence-corrected chi connectivity index (χ2v) is 11.8. The summed E-state index contributed by atoms with van der Waals surface area (Å²) in [6, 6.07) is 21.2. The number of rotatable bonds is 5. The van der Waals surface area contributed by atoms with E-state index in [-0.39, 0.29) is 5.57 Å². The van der Waals surface area contributed by atoms with Crippen molar-refractivity contribution in [1.29, 1.82) is 10.5 Å². The normalized spacial score (nSPS) is 13.5.